The molecule has 1 fully saturated rings. The first-order chi connectivity index (χ1) is 17.2. The maximum absolute atomic E-state index is 13.9. The summed E-state index contributed by atoms with van der Waals surface area (Å²) in [5, 5.41) is 5.23. The van der Waals surface area contributed by atoms with E-state index >= 15 is 0 Å². The van der Waals surface area contributed by atoms with Gasteiger partial charge in [-0.15, -0.1) is 11.3 Å². The van der Waals surface area contributed by atoms with E-state index in [0.717, 1.165) is 41.7 Å². The lowest BCUT2D eigenvalue weighted by Gasteiger charge is -2.33. The van der Waals surface area contributed by atoms with Crippen molar-refractivity contribution in [3.8, 4) is 5.75 Å². The van der Waals surface area contributed by atoms with Gasteiger partial charge in [0.1, 0.15) is 11.8 Å². The van der Waals surface area contributed by atoms with Gasteiger partial charge in [-0.2, -0.15) is 0 Å². The number of rotatable bonds is 11. The first kappa shape index (κ1) is 25.0. The van der Waals surface area contributed by atoms with Crippen molar-refractivity contribution in [2.75, 3.05) is 13.2 Å². The summed E-state index contributed by atoms with van der Waals surface area (Å²) >= 11 is 1.56. The molecular weight excluding hydrogens is 456 g/mol. The molecule has 0 bridgehead atoms. The highest BCUT2D eigenvalue weighted by Crippen LogP contribution is 2.32. The standard InChI is InChI=1S/C29H34N2O3S/c1-2-34-26-17-9-8-16-25(26)28(29(33)30-23-13-6-7-14-23)31(19-18-22-11-4-3-5-12-22)27(32)21-24-15-10-20-35-24/h3-5,8-12,15-17,20,23,28H,2,6-7,13-14,18-19,21H2,1H3,(H,30,33). The van der Waals surface area contributed by atoms with E-state index in [1.165, 1.54) is 0 Å². The Morgan fingerprint density at radius 1 is 1.03 bits per heavy atom. The van der Waals surface area contributed by atoms with Gasteiger partial charge < -0.3 is 15.0 Å². The van der Waals surface area contributed by atoms with Crippen molar-refractivity contribution in [3.05, 3.63) is 88.1 Å². The van der Waals surface area contributed by atoms with Crippen LogP contribution in [0.5, 0.6) is 5.75 Å². The summed E-state index contributed by atoms with van der Waals surface area (Å²) in [5.74, 6) is 0.466. The summed E-state index contributed by atoms with van der Waals surface area (Å²) in [4.78, 5) is 30.4. The summed E-state index contributed by atoms with van der Waals surface area (Å²) in [6.45, 7) is 2.86. The van der Waals surface area contributed by atoms with E-state index < -0.39 is 6.04 Å². The Labute approximate surface area is 212 Å². The Balaban J connectivity index is 1.69. The number of hydrogen-bond donors (Lipinski definition) is 1. The highest BCUT2D eigenvalue weighted by Gasteiger charge is 2.34. The van der Waals surface area contributed by atoms with Crippen molar-refractivity contribution in [2.24, 2.45) is 0 Å². The van der Waals surface area contributed by atoms with Crippen molar-refractivity contribution >= 4 is 23.2 Å². The average molecular weight is 491 g/mol. The van der Waals surface area contributed by atoms with Gasteiger partial charge in [-0.3, -0.25) is 9.59 Å². The first-order valence-corrected chi connectivity index (χ1v) is 13.4. The average Bonchev–Trinajstić information content (AvgIpc) is 3.58. The molecule has 1 unspecified atom stereocenters. The molecule has 0 spiro atoms. The number of para-hydroxylation sites is 1. The maximum atomic E-state index is 13.9. The van der Waals surface area contributed by atoms with Crippen LogP contribution in [0, 0.1) is 0 Å². The molecule has 35 heavy (non-hydrogen) atoms. The molecule has 1 N–H and O–H groups in total. The fourth-order valence-corrected chi connectivity index (χ4v) is 5.45. The number of nitrogens with one attached hydrogen (secondary N) is 1. The third-order valence-electron chi connectivity index (χ3n) is 6.49. The third kappa shape index (κ3) is 6.73. The van der Waals surface area contributed by atoms with E-state index in [1.54, 1.807) is 16.2 Å². The van der Waals surface area contributed by atoms with Gasteiger partial charge in [0.25, 0.3) is 0 Å². The van der Waals surface area contributed by atoms with Crippen LogP contribution in [0.1, 0.15) is 54.7 Å². The molecular formula is C29H34N2O3S. The Kier molecular flexibility index (Phi) is 8.96. The second-order valence-electron chi connectivity index (χ2n) is 8.94. The lowest BCUT2D eigenvalue weighted by molar-refractivity contribution is -0.140. The van der Waals surface area contributed by atoms with Crippen molar-refractivity contribution in [3.63, 3.8) is 0 Å². The zero-order chi connectivity index (χ0) is 24.5. The summed E-state index contributed by atoms with van der Waals surface area (Å²) in [7, 11) is 0. The molecule has 1 heterocycles. The van der Waals surface area contributed by atoms with Gasteiger partial charge in [0.2, 0.25) is 11.8 Å². The summed E-state index contributed by atoms with van der Waals surface area (Å²) < 4.78 is 5.92. The van der Waals surface area contributed by atoms with Crippen molar-refractivity contribution in [1.82, 2.24) is 10.2 Å². The molecule has 2 amide bonds. The third-order valence-corrected chi connectivity index (χ3v) is 7.36. The normalized spacial score (nSPS) is 14.4. The zero-order valence-electron chi connectivity index (χ0n) is 20.3. The molecule has 1 aliphatic rings. The van der Waals surface area contributed by atoms with Crippen LogP contribution in [0.3, 0.4) is 0 Å². The van der Waals surface area contributed by atoms with Crippen LogP contribution in [0.15, 0.2) is 72.1 Å². The number of benzene rings is 2. The van der Waals surface area contributed by atoms with Gasteiger partial charge in [-0.05, 0) is 49.3 Å². The maximum Gasteiger partial charge on any atom is 0.247 e. The molecule has 2 aromatic carbocycles. The Hall–Kier alpha value is -3.12. The minimum Gasteiger partial charge on any atom is -0.494 e. The van der Waals surface area contributed by atoms with Gasteiger partial charge in [0, 0.05) is 23.0 Å². The van der Waals surface area contributed by atoms with Crippen molar-refractivity contribution in [1.29, 1.82) is 0 Å². The Bertz CT molecular complexity index is 1080. The highest BCUT2D eigenvalue weighted by molar-refractivity contribution is 7.10. The summed E-state index contributed by atoms with van der Waals surface area (Å²) in [6.07, 6.45) is 5.16. The van der Waals surface area contributed by atoms with Crippen LogP contribution in [0.25, 0.3) is 0 Å². The predicted octanol–water partition coefficient (Wildman–Crippen LogP) is 5.56. The lowest BCUT2D eigenvalue weighted by atomic mass is 10.0. The molecule has 0 aliphatic heterocycles. The minimum atomic E-state index is -0.755. The summed E-state index contributed by atoms with van der Waals surface area (Å²) in [6, 6.07) is 21.1. The number of nitrogens with zero attached hydrogens (tertiary/aromatic N) is 1. The number of carbonyl (C=O) groups excluding carboxylic acids is 2. The molecule has 1 saturated carbocycles. The number of hydrogen-bond acceptors (Lipinski definition) is 4. The van der Waals surface area contributed by atoms with E-state index in [-0.39, 0.29) is 24.3 Å². The Morgan fingerprint density at radius 3 is 2.49 bits per heavy atom. The van der Waals surface area contributed by atoms with Crippen LogP contribution in [-0.4, -0.2) is 35.9 Å². The molecule has 1 atom stereocenters. The van der Waals surface area contributed by atoms with Gasteiger partial charge in [-0.1, -0.05) is 67.4 Å². The predicted molar refractivity (Wildman–Crippen MR) is 141 cm³/mol. The van der Waals surface area contributed by atoms with Crippen LogP contribution >= 0.6 is 11.3 Å². The SMILES string of the molecule is CCOc1ccccc1C(C(=O)NC1CCCC1)N(CCc1ccccc1)C(=O)Cc1cccs1. The van der Waals surface area contributed by atoms with Crippen molar-refractivity contribution < 1.29 is 14.3 Å². The lowest BCUT2D eigenvalue weighted by Crippen LogP contribution is -2.47. The number of carbonyl (C=O) groups is 2. The second kappa shape index (κ2) is 12.5. The molecule has 184 valence electrons. The Morgan fingerprint density at radius 2 is 1.77 bits per heavy atom. The molecule has 0 saturated heterocycles. The van der Waals surface area contributed by atoms with E-state index in [2.05, 4.69) is 17.4 Å². The zero-order valence-corrected chi connectivity index (χ0v) is 21.1. The molecule has 1 aliphatic carbocycles. The van der Waals surface area contributed by atoms with Crippen LogP contribution in [0.2, 0.25) is 0 Å². The van der Waals surface area contributed by atoms with Gasteiger partial charge >= 0.3 is 0 Å². The van der Waals surface area contributed by atoms with Gasteiger partial charge in [-0.25, -0.2) is 0 Å². The molecule has 4 rings (SSSR count). The minimum absolute atomic E-state index is 0.0544. The van der Waals surface area contributed by atoms with E-state index in [4.69, 9.17) is 4.74 Å². The molecule has 5 nitrogen and oxygen atoms in total. The molecule has 3 aromatic rings. The smallest absolute Gasteiger partial charge is 0.247 e. The molecule has 0 radical (unpaired) electrons. The van der Waals surface area contributed by atoms with E-state index in [0.29, 0.717) is 25.3 Å². The fraction of sp³-hybridized carbons (Fsp3) is 0.379. The van der Waals surface area contributed by atoms with Crippen LogP contribution < -0.4 is 10.1 Å². The van der Waals surface area contributed by atoms with E-state index in [9.17, 15) is 9.59 Å². The number of ether oxygens (including phenoxy) is 1. The van der Waals surface area contributed by atoms with Crippen LogP contribution in [0.4, 0.5) is 0 Å². The van der Waals surface area contributed by atoms with Crippen LogP contribution in [-0.2, 0) is 22.4 Å². The fourth-order valence-electron chi connectivity index (χ4n) is 4.75. The number of amides is 2. The van der Waals surface area contributed by atoms with Gasteiger partial charge in [0.05, 0.1) is 13.0 Å². The first-order valence-electron chi connectivity index (χ1n) is 12.5. The van der Waals surface area contributed by atoms with E-state index in [1.807, 2.05) is 66.9 Å². The summed E-state index contributed by atoms with van der Waals surface area (Å²) in [5.41, 5.74) is 1.87. The highest BCUT2D eigenvalue weighted by atomic mass is 32.1. The monoisotopic (exact) mass is 490 g/mol. The second-order valence-corrected chi connectivity index (χ2v) is 9.97. The molecule has 6 heteroatoms. The topological polar surface area (TPSA) is 58.6 Å². The largest absolute Gasteiger partial charge is 0.494 e. The van der Waals surface area contributed by atoms with Gasteiger partial charge in [0.15, 0.2) is 0 Å². The quantitative estimate of drug-likeness (QED) is 0.383. The number of thiophene rings is 1. The molecule has 1 aromatic heterocycles. The van der Waals surface area contributed by atoms with Crippen molar-refractivity contribution in [2.45, 2.75) is 57.5 Å².